The van der Waals surface area contributed by atoms with Crippen molar-refractivity contribution in [3.05, 3.63) is 59.2 Å². The molecule has 0 fully saturated rings. The molecule has 0 atom stereocenters. The molecule has 1 amide bonds. The van der Waals surface area contributed by atoms with Gasteiger partial charge in [0.05, 0.1) is 11.3 Å². The smallest absolute Gasteiger partial charge is 0.262 e. The number of hydrogen-bond donors (Lipinski definition) is 1. The number of fused-ring (bicyclic) bond motifs is 1. The summed E-state index contributed by atoms with van der Waals surface area (Å²) in [5.41, 5.74) is 8.24. The zero-order valence-corrected chi connectivity index (χ0v) is 14.1. The van der Waals surface area contributed by atoms with Gasteiger partial charge in [-0.15, -0.1) is 0 Å². The minimum atomic E-state index is -0.388. The molecule has 2 aromatic heterocycles. The van der Waals surface area contributed by atoms with E-state index in [-0.39, 0.29) is 17.7 Å². The van der Waals surface area contributed by atoms with E-state index in [1.165, 1.54) is 11.0 Å². The summed E-state index contributed by atoms with van der Waals surface area (Å²) in [7, 11) is 3.38. The Morgan fingerprint density at radius 1 is 1.12 bits per heavy atom. The largest absolute Gasteiger partial charge is 0.368 e. The second-order valence-corrected chi connectivity index (χ2v) is 5.94. The number of anilines is 1. The summed E-state index contributed by atoms with van der Waals surface area (Å²) in [6.45, 7) is 0. The van der Waals surface area contributed by atoms with Gasteiger partial charge in [-0.1, -0.05) is 18.2 Å². The SMILES string of the molecule is CN1C(=O)c2c(nc(N)nc2-c2ccn(C)n2)/C1=C\c1ccccc1F. The van der Waals surface area contributed by atoms with Crippen molar-refractivity contribution in [1.29, 1.82) is 0 Å². The van der Waals surface area contributed by atoms with Crippen LogP contribution < -0.4 is 5.73 Å². The molecule has 4 rings (SSSR count). The summed E-state index contributed by atoms with van der Waals surface area (Å²) in [6.07, 6.45) is 3.33. The molecule has 0 aliphatic carbocycles. The van der Waals surface area contributed by atoms with Crippen LogP contribution in [0.15, 0.2) is 36.5 Å². The maximum atomic E-state index is 14.1. The van der Waals surface area contributed by atoms with Gasteiger partial charge in [0.25, 0.3) is 5.91 Å². The fourth-order valence-corrected chi connectivity index (χ4v) is 2.93. The van der Waals surface area contributed by atoms with Crippen LogP contribution in [0.25, 0.3) is 23.2 Å². The molecule has 1 aliphatic rings. The number of hydrogen-bond acceptors (Lipinski definition) is 5. The first-order chi connectivity index (χ1) is 12.5. The van der Waals surface area contributed by atoms with Gasteiger partial charge in [-0.25, -0.2) is 14.4 Å². The lowest BCUT2D eigenvalue weighted by atomic mass is 10.1. The van der Waals surface area contributed by atoms with Crippen molar-refractivity contribution in [2.24, 2.45) is 7.05 Å². The van der Waals surface area contributed by atoms with E-state index in [0.717, 1.165) is 0 Å². The molecule has 0 unspecified atom stereocenters. The number of rotatable bonds is 2. The third-order valence-electron chi connectivity index (χ3n) is 4.20. The summed E-state index contributed by atoms with van der Waals surface area (Å²) >= 11 is 0. The van der Waals surface area contributed by atoms with Crippen molar-refractivity contribution in [3.63, 3.8) is 0 Å². The van der Waals surface area contributed by atoms with Crippen LogP contribution in [0.2, 0.25) is 0 Å². The number of aryl methyl sites for hydroxylation is 1. The van der Waals surface area contributed by atoms with Gasteiger partial charge in [0.15, 0.2) is 0 Å². The number of carbonyl (C=O) groups is 1. The van der Waals surface area contributed by atoms with Gasteiger partial charge >= 0.3 is 0 Å². The molecule has 1 aromatic carbocycles. The maximum Gasteiger partial charge on any atom is 0.262 e. The van der Waals surface area contributed by atoms with Crippen LogP contribution in [-0.4, -0.2) is 37.6 Å². The Balaban J connectivity index is 1.95. The van der Waals surface area contributed by atoms with Gasteiger partial charge in [-0.2, -0.15) is 5.10 Å². The molecule has 26 heavy (non-hydrogen) atoms. The Morgan fingerprint density at radius 2 is 1.85 bits per heavy atom. The van der Waals surface area contributed by atoms with Gasteiger partial charge in [-0.05, 0) is 18.2 Å². The average molecular weight is 350 g/mol. The maximum absolute atomic E-state index is 14.1. The van der Waals surface area contributed by atoms with Crippen LogP contribution in [0.5, 0.6) is 0 Å². The summed E-state index contributed by atoms with van der Waals surface area (Å²) in [5.74, 6) is -0.656. The number of nitrogens with two attached hydrogens (primary N) is 1. The van der Waals surface area contributed by atoms with E-state index in [1.807, 2.05) is 0 Å². The van der Waals surface area contributed by atoms with E-state index in [2.05, 4.69) is 15.1 Å². The second kappa shape index (κ2) is 5.76. The van der Waals surface area contributed by atoms with E-state index in [4.69, 9.17) is 5.73 Å². The van der Waals surface area contributed by atoms with E-state index in [9.17, 15) is 9.18 Å². The van der Waals surface area contributed by atoms with E-state index in [0.29, 0.717) is 33.9 Å². The second-order valence-electron chi connectivity index (χ2n) is 5.94. The van der Waals surface area contributed by atoms with E-state index in [1.54, 1.807) is 55.3 Å². The van der Waals surface area contributed by atoms with Crippen molar-refractivity contribution < 1.29 is 9.18 Å². The Bertz CT molecular complexity index is 1070. The van der Waals surface area contributed by atoms with Crippen molar-refractivity contribution >= 4 is 23.6 Å². The van der Waals surface area contributed by atoms with Gasteiger partial charge < -0.3 is 10.6 Å². The third kappa shape index (κ3) is 2.43. The molecule has 7 nitrogen and oxygen atoms in total. The fourth-order valence-electron chi connectivity index (χ4n) is 2.93. The standard InChI is InChI=1S/C18H15FN6O/c1-24-8-7-12(23-24)15-14-16(22-18(20)21-15)13(25(2)17(14)26)9-10-5-3-4-6-11(10)19/h3-9H,1-2H3,(H2,20,21,22)/b13-9+. The summed E-state index contributed by atoms with van der Waals surface area (Å²) in [5, 5.41) is 4.30. The number of carbonyl (C=O) groups excluding carboxylic acids is 1. The number of amides is 1. The number of halogens is 1. The summed E-state index contributed by atoms with van der Waals surface area (Å²) in [4.78, 5) is 22.7. The van der Waals surface area contributed by atoms with Gasteiger partial charge in [0, 0.05) is 25.9 Å². The van der Waals surface area contributed by atoms with Gasteiger partial charge in [0.1, 0.15) is 22.9 Å². The van der Waals surface area contributed by atoms with Crippen LogP contribution >= 0.6 is 0 Å². The monoisotopic (exact) mass is 350 g/mol. The zero-order chi connectivity index (χ0) is 18.4. The first kappa shape index (κ1) is 15.9. The predicted octanol–water partition coefficient (Wildman–Crippen LogP) is 2.18. The number of benzene rings is 1. The van der Waals surface area contributed by atoms with Crippen molar-refractivity contribution in [1.82, 2.24) is 24.6 Å². The van der Waals surface area contributed by atoms with Gasteiger partial charge in [0.2, 0.25) is 5.95 Å². The van der Waals surface area contributed by atoms with E-state index >= 15 is 0 Å². The highest BCUT2D eigenvalue weighted by molar-refractivity contribution is 6.14. The topological polar surface area (TPSA) is 89.9 Å². The van der Waals surface area contributed by atoms with Gasteiger partial charge in [-0.3, -0.25) is 9.48 Å². The van der Waals surface area contributed by atoms with Crippen molar-refractivity contribution in [3.8, 4) is 11.4 Å². The normalized spacial score (nSPS) is 15.0. The zero-order valence-electron chi connectivity index (χ0n) is 14.1. The van der Waals surface area contributed by atoms with Crippen molar-refractivity contribution in [2.45, 2.75) is 0 Å². The third-order valence-corrected chi connectivity index (χ3v) is 4.20. The highest BCUT2D eigenvalue weighted by Gasteiger charge is 2.36. The number of nitrogen functional groups attached to an aromatic ring is 1. The van der Waals surface area contributed by atoms with E-state index < -0.39 is 0 Å². The number of aromatic nitrogens is 4. The summed E-state index contributed by atoms with van der Waals surface area (Å²) < 4.78 is 15.7. The van der Waals surface area contributed by atoms with Crippen LogP contribution in [0.4, 0.5) is 10.3 Å². The predicted molar refractivity (Wildman–Crippen MR) is 95.0 cm³/mol. The average Bonchev–Trinajstić information content (AvgIpc) is 3.14. The quantitative estimate of drug-likeness (QED) is 0.765. The Labute approximate surface area is 148 Å². The molecule has 0 saturated heterocycles. The highest BCUT2D eigenvalue weighted by atomic mass is 19.1. The molecule has 8 heteroatoms. The molecule has 1 aliphatic heterocycles. The highest BCUT2D eigenvalue weighted by Crippen LogP contribution is 2.37. The molecular weight excluding hydrogens is 335 g/mol. The first-order valence-electron chi connectivity index (χ1n) is 7.88. The molecule has 0 saturated carbocycles. The molecule has 3 aromatic rings. The minimum absolute atomic E-state index is 0.0203. The fraction of sp³-hybridized carbons (Fsp3) is 0.111. The van der Waals surface area contributed by atoms with Crippen LogP contribution in [0, 0.1) is 5.82 Å². The Hall–Kier alpha value is -3.55. The van der Waals surface area contributed by atoms with Crippen LogP contribution in [-0.2, 0) is 7.05 Å². The van der Waals surface area contributed by atoms with Crippen LogP contribution in [0.3, 0.4) is 0 Å². The molecule has 0 bridgehead atoms. The molecule has 2 N–H and O–H groups in total. The Morgan fingerprint density at radius 3 is 2.54 bits per heavy atom. The lowest BCUT2D eigenvalue weighted by Crippen LogP contribution is -2.17. The van der Waals surface area contributed by atoms with Crippen molar-refractivity contribution in [2.75, 3.05) is 12.8 Å². The Kier molecular flexibility index (Phi) is 3.54. The molecule has 0 radical (unpaired) electrons. The molecular formula is C18H15FN6O. The minimum Gasteiger partial charge on any atom is -0.368 e. The number of nitrogens with zero attached hydrogens (tertiary/aromatic N) is 5. The lowest BCUT2D eigenvalue weighted by Gasteiger charge is -2.10. The molecule has 3 heterocycles. The molecule has 0 spiro atoms. The molecule has 130 valence electrons. The lowest BCUT2D eigenvalue weighted by molar-refractivity contribution is 0.0875. The van der Waals surface area contributed by atoms with Crippen LogP contribution in [0.1, 0.15) is 21.6 Å². The summed E-state index contributed by atoms with van der Waals surface area (Å²) in [6, 6.07) is 8.06. The first-order valence-corrected chi connectivity index (χ1v) is 7.88.